The molecule has 0 aliphatic carbocycles. The summed E-state index contributed by atoms with van der Waals surface area (Å²) in [4.78, 5) is 18.1. The van der Waals surface area contributed by atoms with Crippen molar-refractivity contribution in [3.05, 3.63) is 29.0 Å². The molecule has 1 saturated heterocycles. The summed E-state index contributed by atoms with van der Waals surface area (Å²) in [7, 11) is 1.45. The minimum Gasteiger partial charge on any atom is -0.357 e. The Labute approximate surface area is 135 Å². The SMILES string of the molecule is CNC(=O)c1csc2c(C(F)(F)F)cc(N3CC[CH]CC3)nc12. The van der Waals surface area contributed by atoms with Gasteiger partial charge >= 0.3 is 6.18 Å². The second-order valence-electron chi connectivity index (χ2n) is 5.29. The molecular weight excluding hydrogens is 327 g/mol. The Balaban J connectivity index is 2.19. The predicted molar refractivity (Wildman–Crippen MR) is 83.8 cm³/mol. The molecule has 1 aliphatic heterocycles. The van der Waals surface area contributed by atoms with Crippen molar-refractivity contribution in [1.29, 1.82) is 0 Å². The molecule has 2 aromatic rings. The van der Waals surface area contributed by atoms with E-state index in [0.717, 1.165) is 30.2 Å². The van der Waals surface area contributed by atoms with Gasteiger partial charge in [-0.2, -0.15) is 13.2 Å². The molecule has 2 aromatic heterocycles. The van der Waals surface area contributed by atoms with Crippen molar-refractivity contribution in [1.82, 2.24) is 10.3 Å². The summed E-state index contributed by atoms with van der Waals surface area (Å²) in [6.45, 7) is 1.27. The van der Waals surface area contributed by atoms with Gasteiger partial charge in [0.1, 0.15) is 5.82 Å². The smallest absolute Gasteiger partial charge is 0.357 e. The van der Waals surface area contributed by atoms with E-state index in [1.165, 1.54) is 12.4 Å². The number of anilines is 1. The highest BCUT2D eigenvalue weighted by Crippen LogP contribution is 2.40. The van der Waals surface area contributed by atoms with Crippen LogP contribution in [0.4, 0.5) is 19.0 Å². The largest absolute Gasteiger partial charge is 0.417 e. The number of fused-ring (bicyclic) bond motifs is 1. The number of halogens is 3. The molecule has 23 heavy (non-hydrogen) atoms. The molecular formula is C15H15F3N3OS. The normalized spacial score (nSPS) is 15.9. The second kappa shape index (κ2) is 5.99. The van der Waals surface area contributed by atoms with E-state index in [0.29, 0.717) is 13.1 Å². The minimum atomic E-state index is -4.48. The van der Waals surface area contributed by atoms with Crippen LogP contribution in [-0.2, 0) is 6.18 Å². The van der Waals surface area contributed by atoms with Crippen LogP contribution in [0, 0.1) is 6.42 Å². The lowest BCUT2D eigenvalue weighted by atomic mass is 10.1. The van der Waals surface area contributed by atoms with E-state index in [4.69, 9.17) is 0 Å². The summed E-state index contributed by atoms with van der Waals surface area (Å²) in [5, 5.41) is 3.87. The molecule has 8 heteroatoms. The first-order valence-corrected chi connectivity index (χ1v) is 8.08. The van der Waals surface area contributed by atoms with Crippen molar-refractivity contribution >= 4 is 33.3 Å². The Bertz CT molecular complexity index is 735. The monoisotopic (exact) mass is 342 g/mol. The standard InChI is InChI=1S/C15H15F3N3OS/c1-19-14(22)9-8-23-13-10(15(16,17)18)7-11(20-12(9)13)21-5-3-2-4-6-21/h2,7-8H,3-6H2,1H3,(H,19,22). The number of carbonyl (C=O) groups is 1. The summed E-state index contributed by atoms with van der Waals surface area (Å²) in [6.07, 6.45) is -0.747. The quantitative estimate of drug-likeness (QED) is 0.909. The van der Waals surface area contributed by atoms with E-state index >= 15 is 0 Å². The average Bonchev–Trinajstić information content (AvgIpc) is 2.97. The van der Waals surface area contributed by atoms with E-state index in [-0.39, 0.29) is 21.6 Å². The fraction of sp³-hybridized carbons (Fsp3) is 0.400. The third kappa shape index (κ3) is 2.99. The zero-order chi connectivity index (χ0) is 16.6. The lowest BCUT2D eigenvalue weighted by Gasteiger charge is -2.28. The molecule has 0 spiro atoms. The third-order valence-corrected chi connectivity index (χ3v) is 4.82. The number of nitrogens with zero attached hydrogens (tertiary/aromatic N) is 2. The molecule has 1 aliphatic rings. The van der Waals surface area contributed by atoms with E-state index in [2.05, 4.69) is 16.7 Å². The van der Waals surface area contributed by atoms with Gasteiger partial charge in [-0.05, 0) is 25.3 Å². The van der Waals surface area contributed by atoms with Crippen LogP contribution in [0.1, 0.15) is 28.8 Å². The Morgan fingerprint density at radius 2 is 2.04 bits per heavy atom. The van der Waals surface area contributed by atoms with Crippen molar-refractivity contribution in [2.75, 3.05) is 25.0 Å². The first-order valence-electron chi connectivity index (χ1n) is 7.20. The van der Waals surface area contributed by atoms with Crippen LogP contribution < -0.4 is 10.2 Å². The van der Waals surface area contributed by atoms with Crippen molar-refractivity contribution in [3.8, 4) is 0 Å². The van der Waals surface area contributed by atoms with Crippen molar-refractivity contribution in [2.45, 2.75) is 19.0 Å². The Kier molecular flexibility index (Phi) is 4.18. The first-order chi connectivity index (χ1) is 10.9. The number of pyridine rings is 1. The van der Waals surface area contributed by atoms with E-state index in [1.54, 1.807) is 0 Å². The lowest BCUT2D eigenvalue weighted by molar-refractivity contribution is -0.136. The highest BCUT2D eigenvalue weighted by atomic mass is 32.1. The Morgan fingerprint density at radius 1 is 1.35 bits per heavy atom. The number of nitrogens with one attached hydrogen (secondary N) is 1. The van der Waals surface area contributed by atoms with Gasteiger partial charge in [-0.3, -0.25) is 4.79 Å². The number of amides is 1. The number of hydrogen-bond acceptors (Lipinski definition) is 4. The molecule has 3 heterocycles. The summed E-state index contributed by atoms with van der Waals surface area (Å²) in [5.74, 6) is -0.150. The van der Waals surface area contributed by atoms with Gasteiger partial charge in [-0.15, -0.1) is 11.3 Å². The van der Waals surface area contributed by atoms with Gasteiger partial charge in [0.15, 0.2) is 0 Å². The Hall–Kier alpha value is -1.83. The van der Waals surface area contributed by atoms with Crippen LogP contribution in [0.15, 0.2) is 11.4 Å². The van der Waals surface area contributed by atoms with Gasteiger partial charge in [-0.1, -0.05) is 0 Å². The maximum atomic E-state index is 13.4. The van der Waals surface area contributed by atoms with E-state index < -0.39 is 17.6 Å². The van der Waals surface area contributed by atoms with Gasteiger partial charge in [0.2, 0.25) is 0 Å². The molecule has 0 aromatic carbocycles. The summed E-state index contributed by atoms with van der Waals surface area (Å²) in [6, 6.07) is 1.10. The number of hydrogen-bond donors (Lipinski definition) is 1. The first kappa shape index (κ1) is 16.0. The van der Waals surface area contributed by atoms with Crippen molar-refractivity contribution in [3.63, 3.8) is 0 Å². The maximum Gasteiger partial charge on any atom is 0.417 e. The van der Waals surface area contributed by atoms with Crippen LogP contribution in [0.5, 0.6) is 0 Å². The van der Waals surface area contributed by atoms with Crippen LogP contribution in [0.25, 0.3) is 10.2 Å². The fourth-order valence-corrected chi connectivity index (χ4v) is 3.67. The minimum absolute atomic E-state index is 0.00317. The van der Waals surface area contributed by atoms with Crippen LogP contribution in [0.3, 0.4) is 0 Å². The molecule has 4 nitrogen and oxygen atoms in total. The van der Waals surface area contributed by atoms with Crippen LogP contribution in [-0.4, -0.2) is 31.0 Å². The summed E-state index contributed by atoms with van der Waals surface area (Å²) in [5.41, 5.74) is -0.427. The van der Waals surface area contributed by atoms with Crippen molar-refractivity contribution in [2.24, 2.45) is 0 Å². The molecule has 0 atom stereocenters. The molecule has 123 valence electrons. The number of alkyl halides is 3. The maximum absolute atomic E-state index is 13.4. The molecule has 3 rings (SSSR count). The van der Waals surface area contributed by atoms with Gasteiger partial charge in [0.05, 0.1) is 21.3 Å². The molecule has 1 fully saturated rings. The van der Waals surface area contributed by atoms with Crippen molar-refractivity contribution < 1.29 is 18.0 Å². The molecule has 0 saturated carbocycles. The number of piperidine rings is 1. The molecule has 0 unspecified atom stereocenters. The van der Waals surface area contributed by atoms with Gasteiger partial charge < -0.3 is 10.2 Å². The van der Waals surface area contributed by atoms with Crippen LogP contribution >= 0.6 is 11.3 Å². The molecule has 0 bridgehead atoms. The van der Waals surface area contributed by atoms with E-state index in [1.807, 2.05) is 4.90 Å². The zero-order valence-electron chi connectivity index (χ0n) is 12.4. The second-order valence-corrected chi connectivity index (χ2v) is 6.16. The predicted octanol–water partition coefficient (Wildman–Crippen LogP) is 3.48. The topological polar surface area (TPSA) is 45.2 Å². The molecule has 1 amide bonds. The summed E-state index contributed by atoms with van der Waals surface area (Å²) >= 11 is 0.898. The number of rotatable bonds is 2. The van der Waals surface area contributed by atoms with E-state index in [9.17, 15) is 18.0 Å². The number of thiophene rings is 1. The lowest BCUT2D eigenvalue weighted by Crippen LogP contribution is -2.30. The number of carbonyl (C=O) groups excluding carboxylic acids is 1. The Morgan fingerprint density at radius 3 is 2.65 bits per heavy atom. The van der Waals surface area contributed by atoms with Gasteiger partial charge in [0, 0.05) is 25.5 Å². The molecule has 1 radical (unpaired) electrons. The molecule has 1 N–H and O–H groups in total. The van der Waals surface area contributed by atoms with Gasteiger partial charge in [0.25, 0.3) is 5.91 Å². The number of aromatic nitrogens is 1. The summed E-state index contributed by atoms with van der Waals surface area (Å²) < 4.78 is 40.2. The van der Waals surface area contributed by atoms with Crippen LogP contribution in [0.2, 0.25) is 0 Å². The van der Waals surface area contributed by atoms with Gasteiger partial charge in [-0.25, -0.2) is 4.98 Å². The highest BCUT2D eigenvalue weighted by Gasteiger charge is 2.35. The fourth-order valence-electron chi connectivity index (χ4n) is 2.64. The highest BCUT2D eigenvalue weighted by molar-refractivity contribution is 7.17. The zero-order valence-corrected chi connectivity index (χ0v) is 13.2. The third-order valence-electron chi connectivity index (χ3n) is 3.82. The average molecular weight is 342 g/mol.